The highest BCUT2D eigenvalue weighted by Gasteiger charge is 2.33. The third-order valence-electron chi connectivity index (χ3n) is 4.23. The minimum Gasteiger partial charge on any atom is -0.462 e. The maximum Gasteiger partial charge on any atom is 0.338 e. The normalized spacial score (nSPS) is 12.7. The molecule has 6 nitrogen and oxygen atoms in total. The van der Waals surface area contributed by atoms with Gasteiger partial charge in [-0.15, -0.1) is 0 Å². The number of carbonyl (C=O) groups excluding carboxylic acids is 2. The number of aliphatic hydroxyl groups is 2. The minimum atomic E-state index is -2.00. The molecule has 27 heavy (non-hydrogen) atoms. The van der Waals surface area contributed by atoms with Crippen molar-refractivity contribution in [3.05, 3.63) is 71.3 Å². The molecule has 1 unspecified atom stereocenters. The van der Waals surface area contributed by atoms with Gasteiger partial charge in [0.05, 0.1) is 18.7 Å². The van der Waals surface area contributed by atoms with Crippen molar-refractivity contribution < 1.29 is 24.5 Å². The highest BCUT2D eigenvalue weighted by atomic mass is 16.5. The topological polar surface area (TPSA) is 87.1 Å². The summed E-state index contributed by atoms with van der Waals surface area (Å²) < 4.78 is 5.25. The Hall–Kier alpha value is -2.54. The molecule has 0 aliphatic rings. The first kappa shape index (κ1) is 20.8. The number of carbonyl (C=O) groups is 2. The maximum absolute atomic E-state index is 12.7. The van der Waals surface area contributed by atoms with Crippen molar-refractivity contribution in [1.29, 1.82) is 0 Å². The van der Waals surface area contributed by atoms with E-state index in [1.807, 2.05) is 6.07 Å². The molecule has 2 aromatic rings. The average molecular weight is 371 g/mol. The lowest BCUT2D eigenvalue weighted by Gasteiger charge is -2.30. The molecule has 0 saturated carbocycles. The molecule has 2 aromatic carbocycles. The summed E-state index contributed by atoms with van der Waals surface area (Å²) in [6.45, 7) is 1.40. The molecule has 6 heteroatoms. The molecule has 2 N–H and O–H groups in total. The van der Waals surface area contributed by atoms with Crippen LogP contribution in [0.1, 0.15) is 33.2 Å². The zero-order chi connectivity index (χ0) is 20.0. The molecule has 0 aliphatic heterocycles. The first-order chi connectivity index (χ1) is 12.7. The van der Waals surface area contributed by atoms with Crippen LogP contribution in [0.25, 0.3) is 0 Å². The van der Waals surface area contributed by atoms with Crippen molar-refractivity contribution in [2.24, 2.45) is 5.92 Å². The third kappa shape index (κ3) is 5.47. The summed E-state index contributed by atoms with van der Waals surface area (Å²) in [6, 6.07) is 15.1. The van der Waals surface area contributed by atoms with Gasteiger partial charge in [-0.05, 0) is 20.2 Å². The minimum absolute atomic E-state index is 0.00873. The van der Waals surface area contributed by atoms with Crippen molar-refractivity contribution >= 4 is 11.8 Å². The summed E-state index contributed by atoms with van der Waals surface area (Å²) in [7, 11) is 3.43. The van der Waals surface area contributed by atoms with Crippen LogP contribution in [-0.2, 0) is 4.74 Å². The number of ether oxygens (including phenoxy) is 1. The molecule has 0 radical (unpaired) electrons. The highest BCUT2D eigenvalue weighted by Crippen LogP contribution is 2.19. The highest BCUT2D eigenvalue weighted by molar-refractivity contribution is 6.14. The van der Waals surface area contributed by atoms with Gasteiger partial charge in [0.1, 0.15) is 0 Å². The van der Waals surface area contributed by atoms with Gasteiger partial charge in [0.15, 0.2) is 11.6 Å². The van der Waals surface area contributed by atoms with E-state index in [2.05, 4.69) is 0 Å². The summed E-state index contributed by atoms with van der Waals surface area (Å²) in [5, 5.41) is 20.2. The van der Waals surface area contributed by atoms with Crippen molar-refractivity contribution in [2.45, 2.75) is 12.7 Å². The fraction of sp³-hybridized carbons (Fsp3) is 0.333. The second kappa shape index (κ2) is 8.90. The predicted octanol–water partition coefficient (Wildman–Crippen LogP) is 1.95. The first-order valence-corrected chi connectivity index (χ1v) is 8.67. The van der Waals surface area contributed by atoms with Crippen LogP contribution in [0.5, 0.6) is 0 Å². The van der Waals surface area contributed by atoms with Gasteiger partial charge in [-0.1, -0.05) is 55.5 Å². The predicted molar refractivity (Wildman–Crippen MR) is 101 cm³/mol. The van der Waals surface area contributed by atoms with E-state index in [9.17, 15) is 19.8 Å². The molecular formula is C21H25NO5. The molecule has 0 spiro atoms. The molecule has 0 aliphatic carbocycles. The van der Waals surface area contributed by atoms with Crippen LogP contribution in [-0.4, -0.2) is 59.9 Å². The summed E-state index contributed by atoms with van der Waals surface area (Å²) >= 11 is 0. The quantitative estimate of drug-likeness (QED) is 0.419. The standard InChI is InChI=1S/C21H25NO5/c1-15(21(25,26)14-22(2)3)13-27-20(24)18-12-8-7-11-17(18)19(23)16-9-5-4-6-10-16/h4-12,15,25-26H,13-14H2,1-3H3. The van der Waals surface area contributed by atoms with Crippen molar-refractivity contribution in [3.63, 3.8) is 0 Å². The van der Waals surface area contributed by atoms with Gasteiger partial charge in [0.25, 0.3) is 0 Å². The Morgan fingerprint density at radius 2 is 1.56 bits per heavy atom. The zero-order valence-corrected chi connectivity index (χ0v) is 15.8. The SMILES string of the molecule is CC(COC(=O)c1ccccc1C(=O)c1ccccc1)C(O)(O)CN(C)C. The van der Waals surface area contributed by atoms with Gasteiger partial charge >= 0.3 is 5.97 Å². The Kier molecular flexibility index (Phi) is 6.85. The van der Waals surface area contributed by atoms with E-state index in [4.69, 9.17) is 4.74 Å². The lowest BCUT2D eigenvalue weighted by Crippen LogP contribution is -2.47. The fourth-order valence-corrected chi connectivity index (χ4v) is 2.64. The maximum atomic E-state index is 12.7. The van der Waals surface area contributed by atoms with Crippen LogP contribution >= 0.6 is 0 Å². The Bertz CT molecular complexity index is 786. The van der Waals surface area contributed by atoms with E-state index < -0.39 is 17.7 Å². The van der Waals surface area contributed by atoms with Crippen molar-refractivity contribution in [3.8, 4) is 0 Å². The first-order valence-electron chi connectivity index (χ1n) is 8.67. The van der Waals surface area contributed by atoms with Crippen LogP contribution in [0, 0.1) is 5.92 Å². The summed E-state index contributed by atoms with van der Waals surface area (Å²) in [5.41, 5.74) is 0.864. The molecule has 0 heterocycles. The fourth-order valence-electron chi connectivity index (χ4n) is 2.64. The van der Waals surface area contributed by atoms with Gasteiger partial charge in [-0.25, -0.2) is 4.79 Å². The molecule has 144 valence electrons. The van der Waals surface area contributed by atoms with Crippen LogP contribution in [0.15, 0.2) is 54.6 Å². The number of esters is 1. The number of hydrogen-bond donors (Lipinski definition) is 2. The largest absolute Gasteiger partial charge is 0.462 e. The van der Waals surface area contributed by atoms with Crippen LogP contribution in [0.3, 0.4) is 0 Å². The lowest BCUT2D eigenvalue weighted by atomic mass is 9.98. The molecule has 0 fully saturated rings. The monoisotopic (exact) mass is 371 g/mol. The van der Waals surface area contributed by atoms with Gasteiger partial charge in [0.2, 0.25) is 0 Å². The van der Waals surface area contributed by atoms with E-state index >= 15 is 0 Å². The van der Waals surface area contributed by atoms with E-state index in [0.29, 0.717) is 5.56 Å². The number of rotatable bonds is 8. The molecule has 0 aromatic heterocycles. The number of benzene rings is 2. The van der Waals surface area contributed by atoms with Crippen LogP contribution in [0.2, 0.25) is 0 Å². The summed E-state index contributed by atoms with van der Waals surface area (Å²) in [4.78, 5) is 26.8. The van der Waals surface area contributed by atoms with Gasteiger partial charge in [-0.2, -0.15) is 0 Å². The lowest BCUT2D eigenvalue weighted by molar-refractivity contribution is -0.210. The molecule has 2 rings (SSSR count). The molecule has 0 bridgehead atoms. The van der Waals surface area contributed by atoms with E-state index in [1.165, 1.54) is 6.07 Å². The van der Waals surface area contributed by atoms with Crippen LogP contribution < -0.4 is 0 Å². The Morgan fingerprint density at radius 1 is 1.00 bits per heavy atom. The van der Waals surface area contributed by atoms with Crippen LogP contribution in [0.4, 0.5) is 0 Å². The number of hydrogen-bond acceptors (Lipinski definition) is 6. The van der Waals surface area contributed by atoms with Crippen molar-refractivity contribution in [2.75, 3.05) is 27.2 Å². The van der Waals surface area contributed by atoms with E-state index in [0.717, 1.165) is 0 Å². The van der Waals surface area contributed by atoms with E-state index in [-0.39, 0.29) is 30.1 Å². The summed E-state index contributed by atoms with van der Waals surface area (Å²) in [5.74, 6) is -3.66. The number of nitrogens with zero attached hydrogens (tertiary/aromatic N) is 1. The Balaban J connectivity index is 2.13. The molecule has 0 amide bonds. The van der Waals surface area contributed by atoms with E-state index in [1.54, 1.807) is 68.4 Å². The Morgan fingerprint density at radius 3 is 2.15 bits per heavy atom. The average Bonchev–Trinajstić information content (AvgIpc) is 2.64. The van der Waals surface area contributed by atoms with Gasteiger partial charge in [-0.3, -0.25) is 4.79 Å². The smallest absolute Gasteiger partial charge is 0.338 e. The third-order valence-corrected chi connectivity index (χ3v) is 4.23. The summed E-state index contributed by atoms with van der Waals surface area (Å²) in [6.07, 6.45) is 0. The number of ketones is 1. The molecular weight excluding hydrogens is 346 g/mol. The molecule has 0 saturated heterocycles. The van der Waals surface area contributed by atoms with Gasteiger partial charge < -0.3 is 19.8 Å². The number of likely N-dealkylation sites (N-methyl/N-ethyl adjacent to an activating group) is 1. The second-order valence-corrected chi connectivity index (χ2v) is 6.86. The zero-order valence-electron chi connectivity index (χ0n) is 15.8. The van der Waals surface area contributed by atoms with Crippen molar-refractivity contribution in [1.82, 2.24) is 4.90 Å². The second-order valence-electron chi connectivity index (χ2n) is 6.86. The molecule has 1 atom stereocenters. The Labute approximate surface area is 159 Å². The van der Waals surface area contributed by atoms with Gasteiger partial charge in [0, 0.05) is 17.0 Å².